The molecule has 0 aliphatic rings. The van der Waals surface area contributed by atoms with Crippen molar-refractivity contribution in [2.75, 3.05) is 25.0 Å². The Morgan fingerprint density at radius 3 is 2.57 bits per heavy atom. The highest BCUT2D eigenvalue weighted by molar-refractivity contribution is 5.78. The molecule has 1 atom stereocenters. The molecule has 0 saturated heterocycles. The van der Waals surface area contributed by atoms with Crippen molar-refractivity contribution in [3.8, 4) is 0 Å². The van der Waals surface area contributed by atoms with Gasteiger partial charge in [0.2, 0.25) is 0 Å². The zero-order valence-corrected chi connectivity index (χ0v) is 13.6. The standard InChI is InChI=1S/C17H28N2O2/c1-5-18-17(3,16(20)21)12-8-9-13-19(4)15-11-7-6-10-14(15)2/h6-7,10-11,18H,5,8-9,12-13H2,1-4H3,(H,20,21). The normalized spacial score (nSPS) is 13.7. The predicted molar refractivity (Wildman–Crippen MR) is 88.0 cm³/mol. The average Bonchev–Trinajstić information content (AvgIpc) is 2.44. The maximum Gasteiger partial charge on any atom is 0.323 e. The molecule has 1 aromatic rings. The minimum Gasteiger partial charge on any atom is -0.480 e. The number of carboxylic acid groups (broad SMARTS) is 1. The summed E-state index contributed by atoms with van der Waals surface area (Å²) in [5, 5.41) is 12.4. The van der Waals surface area contributed by atoms with Gasteiger partial charge in [0, 0.05) is 19.3 Å². The molecule has 2 N–H and O–H groups in total. The van der Waals surface area contributed by atoms with Crippen LogP contribution in [0.2, 0.25) is 0 Å². The predicted octanol–water partition coefficient (Wildman–Crippen LogP) is 3.05. The van der Waals surface area contributed by atoms with Crippen molar-refractivity contribution in [1.29, 1.82) is 0 Å². The summed E-state index contributed by atoms with van der Waals surface area (Å²) in [6.45, 7) is 7.42. The van der Waals surface area contributed by atoms with E-state index in [1.54, 1.807) is 6.92 Å². The van der Waals surface area contributed by atoms with Crippen LogP contribution in [-0.2, 0) is 4.79 Å². The second kappa shape index (κ2) is 8.03. The minimum absolute atomic E-state index is 0.651. The van der Waals surface area contributed by atoms with E-state index >= 15 is 0 Å². The summed E-state index contributed by atoms with van der Waals surface area (Å²) in [6, 6.07) is 8.32. The fourth-order valence-electron chi connectivity index (χ4n) is 2.60. The molecule has 0 spiro atoms. The monoisotopic (exact) mass is 292 g/mol. The molecule has 0 fully saturated rings. The Morgan fingerprint density at radius 1 is 1.33 bits per heavy atom. The number of nitrogens with one attached hydrogen (secondary N) is 1. The van der Waals surface area contributed by atoms with E-state index in [9.17, 15) is 9.90 Å². The number of aryl methyl sites for hydroxylation is 1. The lowest BCUT2D eigenvalue weighted by molar-refractivity contribution is -0.144. The van der Waals surface area contributed by atoms with E-state index in [1.165, 1.54) is 11.3 Å². The van der Waals surface area contributed by atoms with E-state index in [0.29, 0.717) is 13.0 Å². The van der Waals surface area contributed by atoms with Crippen molar-refractivity contribution in [2.24, 2.45) is 0 Å². The van der Waals surface area contributed by atoms with Crippen molar-refractivity contribution in [1.82, 2.24) is 5.32 Å². The minimum atomic E-state index is -0.810. The van der Waals surface area contributed by atoms with Crippen LogP contribution >= 0.6 is 0 Å². The Labute approximate surface area is 128 Å². The molecule has 4 heteroatoms. The van der Waals surface area contributed by atoms with E-state index in [-0.39, 0.29) is 0 Å². The lowest BCUT2D eigenvalue weighted by Gasteiger charge is -2.26. The van der Waals surface area contributed by atoms with Crippen LogP contribution in [-0.4, -0.2) is 36.8 Å². The average molecular weight is 292 g/mol. The largest absolute Gasteiger partial charge is 0.480 e. The number of benzene rings is 1. The van der Waals surface area contributed by atoms with Crippen molar-refractivity contribution < 1.29 is 9.90 Å². The van der Waals surface area contributed by atoms with Crippen LogP contribution in [0.15, 0.2) is 24.3 Å². The van der Waals surface area contributed by atoms with Gasteiger partial charge in [-0.25, -0.2) is 0 Å². The van der Waals surface area contributed by atoms with Crippen LogP contribution in [0.3, 0.4) is 0 Å². The van der Waals surface area contributed by atoms with E-state index < -0.39 is 11.5 Å². The van der Waals surface area contributed by atoms with Gasteiger partial charge in [0.05, 0.1) is 0 Å². The maximum atomic E-state index is 11.3. The number of aliphatic carboxylic acids is 1. The van der Waals surface area contributed by atoms with Crippen molar-refractivity contribution >= 4 is 11.7 Å². The molecule has 0 saturated carbocycles. The third-order valence-corrected chi connectivity index (χ3v) is 3.99. The third kappa shape index (κ3) is 5.05. The Hall–Kier alpha value is -1.55. The highest BCUT2D eigenvalue weighted by Crippen LogP contribution is 2.19. The second-order valence-corrected chi connectivity index (χ2v) is 5.83. The number of hydrogen-bond donors (Lipinski definition) is 2. The summed E-state index contributed by atoms with van der Waals surface area (Å²) in [5.41, 5.74) is 1.70. The highest BCUT2D eigenvalue weighted by atomic mass is 16.4. The van der Waals surface area contributed by atoms with Gasteiger partial charge >= 0.3 is 5.97 Å². The van der Waals surface area contributed by atoms with Crippen LogP contribution < -0.4 is 10.2 Å². The Bertz CT molecular complexity index is 462. The van der Waals surface area contributed by atoms with Gasteiger partial charge in [-0.3, -0.25) is 4.79 Å². The number of carbonyl (C=O) groups is 1. The van der Waals surface area contributed by atoms with Crippen LogP contribution in [0, 0.1) is 6.92 Å². The molecule has 4 nitrogen and oxygen atoms in total. The fraction of sp³-hybridized carbons (Fsp3) is 0.588. The molecule has 0 bridgehead atoms. The molecule has 118 valence electrons. The molecular weight excluding hydrogens is 264 g/mol. The van der Waals surface area contributed by atoms with E-state index in [4.69, 9.17) is 0 Å². The lowest BCUT2D eigenvalue weighted by Crippen LogP contribution is -2.49. The summed E-state index contributed by atoms with van der Waals surface area (Å²) >= 11 is 0. The number of carboxylic acids is 1. The molecule has 0 heterocycles. The SMILES string of the molecule is CCNC(C)(CCCCN(C)c1ccccc1C)C(=O)O. The third-order valence-electron chi connectivity index (χ3n) is 3.99. The molecular formula is C17H28N2O2. The summed E-state index contributed by atoms with van der Waals surface area (Å²) in [4.78, 5) is 13.6. The zero-order valence-electron chi connectivity index (χ0n) is 13.6. The van der Waals surface area contributed by atoms with Gasteiger partial charge < -0.3 is 15.3 Å². The summed E-state index contributed by atoms with van der Waals surface area (Å²) in [7, 11) is 2.09. The van der Waals surface area contributed by atoms with Gasteiger partial charge in [-0.2, -0.15) is 0 Å². The number of unbranched alkanes of at least 4 members (excludes halogenated alkanes) is 1. The Morgan fingerprint density at radius 2 is 2.00 bits per heavy atom. The molecule has 1 unspecified atom stereocenters. The smallest absolute Gasteiger partial charge is 0.323 e. The molecule has 1 rings (SSSR count). The van der Waals surface area contributed by atoms with Crippen molar-refractivity contribution in [2.45, 2.75) is 45.6 Å². The highest BCUT2D eigenvalue weighted by Gasteiger charge is 2.30. The van der Waals surface area contributed by atoms with Crippen molar-refractivity contribution in [3.05, 3.63) is 29.8 Å². The molecule has 1 aromatic carbocycles. The van der Waals surface area contributed by atoms with Crippen molar-refractivity contribution in [3.63, 3.8) is 0 Å². The molecule has 0 radical (unpaired) electrons. The van der Waals surface area contributed by atoms with Gasteiger partial charge in [0.1, 0.15) is 5.54 Å². The first-order valence-electron chi connectivity index (χ1n) is 7.66. The van der Waals surface area contributed by atoms with E-state index in [2.05, 4.69) is 36.3 Å². The topological polar surface area (TPSA) is 52.6 Å². The number of anilines is 1. The molecule has 21 heavy (non-hydrogen) atoms. The molecule has 0 aromatic heterocycles. The first-order chi connectivity index (χ1) is 9.90. The zero-order chi connectivity index (χ0) is 15.9. The van der Waals surface area contributed by atoms with Crippen LogP contribution in [0.25, 0.3) is 0 Å². The fourth-order valence-corrected chi connectivity index (χ4v) is 2.60. The van der Waals surface area contributed by atoms with Gasteiger partial charge in [-0.15, -0.1) is 0 Å². The first kappa shape index (κ1) is 17.5. The second-order valence-electron chi connectivity index (χ2n) is 5.83. The first-order valence-corrected chi connectivity index (χ1v) is 7.66. The number of para-hydroxylation sites is 1. The van der Waals surface area contributed by atoms with Gasteiger partial charge in [0.15, 0.2) is 0 Å². The Kier molecular flexibility index (Phi) is 6.69. The number of likely N-dealkylation sites (N-methyl/N-ethyl adjacent to an activating group) is 1. The van der Waals surface area contributed by atoms with E-state index in [1.807, 2.05) is 19.1 Å². The van der Waals surface area contributed by atoms with Gasteiger partial charge in [-0.05, 0) is 51.3 Å². The van der Waals surface area contributed by atoms with Gasteiger partial charge in [-0.1, -0.05) is 25.1 Å². The maximum absolute atomic E-state index is 11.3. The molecule has 0 amide bonds. The lowest BCUT2D eigenvalue weighted by atomic mass is 9.95. The van der Waals surface area contributed by atoms with Crippen LogP contribution in [0.1, 0.15) is 38.7 Å². The summed E-state index contributed by atoms with van der Waals surface area (Å²) in [6.07, 6.45) is 2.53. The van der Waals surface area contributed by atoms with Gasteiger partial charge in [0.25, 0.3) is 0 Å². The van der Waals surface area contributed by atoms with E-state index in [0.717, 1.165) is 19.4 Å². The Balaban J connectivity index is 2.43. The summed E-state index contributed by atoms with van der Waals surface area (Å²) < 4.78 is 0. The molecule has 0 aliphatic heterocycles. The summed E-state index contributed by atoms with van der Waals surface area (Å²) in [5.74, 6) is -0.767. The quantitative estimate of drug-likeness (QED) is 0.687. The van der Waals surface area contributed by atoms with Crippen LogP contribution in [0.5, 0.6) is 0 Å². The molecule has 0 aliphatic carbocycles. The number of rotatable bonds is 9. The number of hydrogen-bond acceptors (Lipinski definition) is 3. The van der Waals surface area contributed by atoms with Crippen LogP contribution in [0.4, 0.5) is 5.69 Å². The number of nitrogens with zero attached hydrogens (tertiary/aromatic N) is 1.